The maximum Gasteiger partial charge on any atom is 0.143 e. The van der Waals surface area contributed by atoms with Gasteiger partial charge in [-0.15, -0.1) is 0 Å². The SMILES string of the molecule is c1ccc(N(c2ccc(-c3ccc4c(ccc5ccccc54)c3)cc2)c2cccc3oc4ccccc4c23)c(-c2cccc3c2oc2cc4ccccc4cc23)c1. The summed E-state index contributed by atoms with van der Waals surface area (Å²) in [6.07, 6.45) is 0. The average molecular weight is 728 g/mol. The summed E-state index contributed by atoms with van der Waals surface area (Å²) in [6.45, 7) is 0. The highest BCUT2D eigenvalue weighted by Crippen LogP contribution is 2.48. The molecule has 0 radical (unpaired) electrons. The Labute approximate surface area is 328 Å². The highest BCUT2D eigenvalue weighted by atomic mass is 16.3. The summed E-state index contributed by atoms with van der Waals surface area (Å²) in [5.74, 6) is 0. The van der Waals surface area contributed by atoms with Gasteiger partial charge in [0.05, 0.1) is 16.8 Å². The second-order valence-electron chi connectivity index (χ2n) is 14.9. The molecule has 0 amide bonds. The van der Waals surface area contributed by atoms with Crippen molar-refractivity contribution in [3.63, 3.8) is 0 Å². The van der Waals surface area contributed by atoms with Crippen molar-refractivity contribution in [1.82, 2.24) is 0 Å². The van der Waals surface area contributed by atoms with Crippen LogP contribution >= 0.6 is 0 Å². The van der Waals surface area contributed by atoms with Gasteiger partial charge in [-0.2, -0.15) is 0 Å². The normalized spacial score (nSPS) is 11.9. The molecule has 12 rings (SSSR count). The molecule has 57 heavy (non-hydrogen) atoms. The molecule has 0 aliphatic rings. The van der Waals surface area contributed by atoms with E-state index < -0.39 is 0 Å². The fourth-order valence-electron chi connectivity index (χ4n) is 8.94. The lowest BCUT2D eigenvalue weighted by Gasteiger charge is -2.28. The van der Waals surface area contributed by atoms with Crippen molar-refractivity contribution in [3.8, 4) is 22.3 Å². The van der Waals surface area contributed by atoms with E-state index in [-0.39, 0.29) is 0 Å². The number of hydrogen-bond acceptors (Lipinski definition) is 3. The van der Waals surface area contributed by atoms with Gasteiger partial charge in [-0.3, -0.25) is 0 Å². The quantitative estimate of drug-likeness (QED) is 0.165. The molecule has 0 N–H and O–H groups in total. The van der Waals surface area contributed by atoms with Gasteiger partial charge in [-0.05, 0) is 98.0 Å². The summed E-state index contributed by atoms with van der Waals surface area (Å²) < 4.78 is 13.2. The number of benzene rings is 10. The Bertz CT molecular complexity index is 3530. The molecular weight excluding hydrogens is 695 g/mol. The van der Waals surface area contributed by atoms with Gasteiger partial charge in [-0.25, -0.2) is 0 Å². The Kier molecular flexibility index (Phi) is 6.93. The fourth-order valence-corrected chi connectivity index (χ4v) is 8.94. The molecule has 3 nitrogen and oxygen atoms in total. The number of fused-ring (bicyclic) bond motifs is 10. The van der Waals surface area contributed by atoms with Gasteiger partial charge in [0.25, 0.3) is 0 Å². The molecule has 3 heteroatoms. The van der Waals surface area contributed by atoms with Crippen molar-refractivity contribution in [3.05, 3.63) is 200 Å². The van der Waals surface area contributed by atoms with Crippen LogP contribution in [0.4, 0.5) is 17.1 Å². The Balaban J connectivity index is 1.06. The van der Waals surface area contributed by atoms with Gasteiger partial charge >= 0.3 is 0 Å². The smallest absolute Gasteiger partial charge is 0.143 e. The van der Waals surface area contributed by atoms with E-state index in [0.717, 1.165) is 77.6 Å². The largest absolute Gasteiger partial charge is 0.456 e. The molecule has 10 aromatic carbocycles. The first-order valence-corrected chi connectivity index (χ1v) is 19.4. The van der Waals surface area contributed by atoms with Crippen LogP contribution in [0.15, 0.2) is 209 Å². The maximum absolute atomic E-state index is 6.79. The van der Waals surface area contributed by atoms with E-state index in [4.69, 9.17) is 8.83 Å². The first-order chi connectivity index (χ1) is 28.2. The lowest BCUT2D eigenvalue weighted by Crippen LogP contribution is -2.11. The molecule has 0 aliphatic carbocycles. The minimum Gasteiger partial charge on any atom is -0.456 e. The summed E-state index contributed by atoms with van der Waals surface area (Å²) >= 11 is 0. The average Bonchev–Trinajstić information content (AvgIpc) is 3.84. The molecule has 2 aromatic heterocycles. The van der Waals surface area contributed by atoms with Crippen LogP contribution in [0, 0.1) is 0 Å². The predicted octanol–water partition coefficient (Wildman–Crippen LogP) is 15.7. The second kappa shape index (κ2) is 12.5. The van der Waals surface area contributed by atoms with E-state index in [0.29, 0.717) is 0 Å². The summed E-state index contributed by atoms with van der Waals surface area (Å²) in [6, 6.07) is 71.5. The highest BCUT2D eigenvalue weighted by Gasteiger charge is 2.23. The molecular formula is C54H33NO2. The van der Waals surface area contributed by atoms with Crippen molar-refractivity contribution in [2.24, 2.45) is 0 Å². The molecule has 0 spiro atoms. The minimum atomic E-state index is 0.850. The first-order valence-electron chi connectivity index (χ1n) is 19.4. The topological polar surface area (TPSA) is 29.5 Å². The van der Waals surface area contributed by atoms with Crippen molar-refractivity contribution in [1.29, 1.82) is 0 Å². The van der Waals surface area contributed by atoms with Crippen molar-refractivity contribution >= 4 is 93.3 Å². The minimum absolute atomic E-state index is 0.850. The molecule has 12 aromatic rings. The third-order valence-electron chi connectivity index (χ3n) is 11.6. The Hall–Kier alpha value is -7.62. The van der Waals surface area contributed by atoms with Crippen molar-refractivity contribution in [2.75, 3.05) is 4.90 Å². The van der Waals surface area contributed by atoms with Gasteiger partial charge < -0.3 is 13.7 Å². The van der Waals surface area contributed by atoms with Crippen LogP contribution in [-0.4, -0.2) is 0 Å². The molecule has 0 saturated heterocycles. The predicted molar refractivity (Wildman–Crippen MR) is 239 cm³/mol. The van der Waals surface area contributed by atoms with E-state index in [1.807, 2.05) is 12.1 Å². The lowest BCUT2D eigenvalue weighted by atomic mass is 9.96. The summed E-state index contributed by atoms with van der Waals surface area (Å²) in [5, 5.41) is 11.8. The zero-order valence-corrected chi connectivity index (χ0v) is 30.8. The van der Waals surface area contributed by atoms with Crippen molar-refractivity contribution < 1.29 is 8.83 Å². The van der Waals surface area contributed by atoms with E-state index in [2.05, 4.69) is 193 Å². The number of hydrogen-bond donors (Lipinski definition) is 0. The Morgan fingerprint density at radius 2 is 0.947 bits per heavy atom. The number of para-hydroxylation sites is 3. The van der Waals surface area contributed by atoms with E-state index in [9.17, 15) is 0 Å². The standard InChI is InChI=1S/C54H33NO2/c1-2-13-37-33-52-47(32-36(37)12-1)45-18-9-17-44(54(45)57-52)43-15-5-7-19-48(43)55(49-20-10-22-51-53(49)46-16-6-8-21-50(46)56-51)40-28-25-34(26-29-40)38-27-30-42-39(31-38)24-23-35-11-3-4-14-41(35)42/h1-33H. The van der Waals surface area contributed by atoms with Crippen LogP contribution in [-0.2, 0) is 0 Å². The van der Waals surface area contributed by atoms with Crippen LogP contribution in [0.25, 0.3) is 98.4 Å². The molecule has 0 bridgehead atoms. The van der Waals surface area contributed by atoms with E-state index in [1.54, 1.807) is 0 Å². The summed E-state index contributed by atoms with van der Waals surface area (Å²) in [7, 11) is 0. The number of rotatable bonds is 5. The van der Waals surface area contributed by atoms with Gasteiger partial charge in [0, 0.05) is 33.0 Å². The number of anilines is 3. The summed E-state index contributed by atoms with van der Waals surface area (Å²) in [5.41, 5.74) is 11.1. The van der Waals surface area contributed by atoms with Crippen LogP contribution in [0.5, 0.6) is 0 Å². The Morgan fingerprint density at radius 3 is 1.84 bits per heavy atom. The zero-order chi connectivity index (χ0) is 37.5. The molecule has 266 valence electrons. The molecule has 0 aliphatic heterocycles. The van der Waals surface area contributed by atoms with E-state index in [1.165, 1.54) is 37.9 Å². The maximum atomic E-state index is 6.79. The van der Waals surface area contributed by atoms with Crippen LogP contribution in [0.3, 0.4) is 0 Å². The first kappa shape index (κ1) is 31.7. The molecule has 0 atom stereocenters. The van der Waals surface area contributed by atoms with Gasteiger partial charge in [0.1, 0.15) is 22.3 Å². The summed E-state index contributed by atoms with van der Waals surface area (Å²) in [4.78, 5) is 2.38. The zero-order valence-electron chi connectivity index (χ0n) is 30.8. The fraction of sp³-hybridized carbons (Fsp3) is 0. The van der Waals surface area contributed by atoms with E-state index >= 15 is 0 Å². The number of furan rings is 2. The van der Waals surface area contributed by atoms with Crippen molar-refractivity contribution in [2.45, 2.75) is 0 Å². The molecule has 0 unspecified atom stereocenters. The second-order valence-corrected chi connectivity index (χ2v) is 14.9. The third-order valence-corrected chi connectivity index (χ3v) is 11.6. The molecule has 0 saturated carbocycles. The monoisotopic (exact) mass is 727 g/mol. The Morgan fingerprint density at radius 1 is 0.316 bits per heavy atom. The molecule has 0 fully saturated rings. The van der Waals surface area contributed by atoms with Gasteiger partial charge in [0.2, 0.25) is 0 Å². The lowest BCUT2D eigenvalue weighted by molar-refractivity contribution is 0.669. The number of nitrogens with zero attached hydrogens (tertiary/aromatic N) is 1. The van der Waals surface area contributed by atoms with Crippen LogP contribution < -0.4 is 4.90 Å². The van der Waals surface area contributed by atoms with Crippen LogP contribution in [0.1, 0.15) is 0 Å². The van der Waals surface area contributed by atoms with Gasteiger partial charge in [-0.1, -0.05) is 146 Å². The van der Waals surface area contributed by atoms with Gasteiger partial charge in [0.15, 0.2) is 0 Å². The molecule has 2 heterocycles. The van der Waals surface area contributed by atoms with Crippen LogP contribution in [0.2, 0.25) is 0 Å². The highest BCUT2D eigenvalue weighted by molar-refractivity contribution is 6.16. The third kappa shape index (κ3) is 4.99.